The maximum Gasteiger partial charge on any atom is 0.0589 e. The van der Waals surface area contributed by atoms with Crippen LogP contribution < -0.4 is 5.73 Å². The molecule has 0 saturated heterocycles. The molecule has 0 heterocycles. The van der Waals surface area contributed by atoms with Crippen LogP contribution >= 0.6 is 0 Å². The molecule has 0 spiro atoms. The summed E-state index contributed by atoms with van der Waals surface area (Å²) in [7, 11) is 3.47. The van der Waals surface area contributed by atoms with Gasteiger partial charge in [0.05, 0.1) is 6.61 Å². The number of ether oxygens (including phenoxy) is 2. The second-order valence-corrected chi connectivity index (χ2v) is 4.19. The Morgan fingerprint density at radius 3 is 2.38 bits per heavy atom. The first kappa shape index (κ1) is 15.8. The van der Waals surface area contributed by atoms with Crippen LogP contribution in [0.15, 0.2) is 0 Å². The molecule has 16 heavy (non-hydrogen) atoms. The van der Waals surface area contributed by atoms with Gasteiger partial charge in [-0.1, -0.05) is 13.3 Å². The van der Waals surface area contributed by atoms with Gasteiger partial charge in [0.1, 0.15) is 0 Å². The molecule has 0 amide bonds. The van der Waals surface area contributed by atoms with E-state index >= 15 is 0 Å². The second-order valence-electron chi connectivity index (χ2n) is 4.19. The first-order valence-electron chi connectivity index (χ1n) is 6.20. The number of hydrogen-bond acceptors (Lipinski definition) is 4. The Hall–Kier alpha value is -0.160. The normalized spacial score (nSPS) is 13.3. The number of methoxy groups -OCH3 is 2. The molecular formula is C12H28N2O2. The van der Waals surface area contributed by atoms with Gasteiger partial charge in [-0.05, 0) is 12.8 Å². The molecule has 0 aromatic heterocycles. The summed E-state index contributed by atoms with van der Waals surface area (Å²) in [6.07, 6.45) is 3.30. The lowest BCUT2D eigenvalue weighted by Gasteiger charge is -2.25. The van der Waals surface area contributed by atoms with Crippen LogP contribution in [-0.4, -0.2) is 58.0 Å². The van der Waals surface area contributed by atoms with Crippen molar-refractivity contribution in [3.8, 4) is 0 Å². The van der Waals surface area contributed by atoms with E-state index in [-0.39, 0.29) is 6.04 Å². The Bertz CT molecular complexity index is 145. The van der Waals surface area contributed by atoms with Gasteiger partial charge in [0, 0.05) is 46.5 Å². The molecule has 0 rings (SSSR count). The number of nitrogens with zero attached hydrogens (tertiary/aromatic N) is 1. The van der Waals surface area contributed by atoms with Crippen LogP contribution in [-0.2, 0) is 9.47 Å². The Labute approximate surface area is 100 Å². The average molecular weight is 232 g/mol. The summed E-state index contributed by atoms with van der Waals surface area (Å²) in [5.74, 6) is 0. The minimum atomic E-state index is 0.282. The fraction of sp³-hybridized carbons (Fsp3) is 1.00. The molecule has 0 bridgehead atoms. The summed E-state index contributed by atoms with van der Waals surface area (Å²) in [6.45, 7) is 6.70. The monoisotopic (exact) mass is 232 g/mol. The third-order valence-electron chi connectivity index (χ3n) is 2.59. The van der Waals surface area contributed by atoms with E-state index in [1.54, 1.807) is 14.2 Å². The molecule has 2 N–H and O–H groups in total. The predicted molar refractivity (Wildman–Crippen MR) is 67.7 cm³/mol. The van der Waals surface area contributed by atoms with Gasteiger partial charge in [-0.3, -0.25) is 4.90 Å². The van der Waals surface area contributed by atoms with Crippen molar-refractivity contribution in [2.45, 2.75) is 32.2 Å². The van der Waals surface area contributed by atoms with Gasteiger partial charge in [-0.25, -0.2) is 0 Å². The third-order valence-corrected chi connectivity index (χ3v) is 2.59. The van der Waals surface area contributed by atoms with Gasteiger partial charge in [-0.2, -0.15) is 0 Å². The first-order valence-corrected chi connectivity index (χ1v) is 6.20. The van der Waals surface area contributed by atoms with Gasteiger partial charge in [0.25, 0.3) is 0 Å². The highest BCUT2D eigenvalue weighted by Gasteiger charge is 2.09. The van der Waals surface area contributed by atoms with Crippen molar-refractivity contribution < 1.29 is 9.47 Å². The van der Waals surface area contributed by atoms with Crippen molar-refractivity contribution in [3.05, 3.63) is 0 Å². The molecule has 0 aliphatic heterocycles. The van der Waals surface area contributed by atoms with Gasteiger partial charge < -0.3 is 15.2 Å². The zero-order chi connectivity index (χ0) is 12.2. The molecule has 1 unspecified atom stereocenters. The fourth-order valence-corrected chi connectivity index (χ4v) is 1.74. The summed E-state index contributed by atoms with van der Waals surface area (Å²) < 4.78 is 10.2. The molecule has 4 nitrogen and oxygen atoms in total. The lowest BCUT2D eigenvalue weighted by atomic mass is 10.1. The lowest BCUT2D eigenvalue weighted by Crippen LogP contribution is -2.39. The van der Waals surface area contributed by atoms with Gasteiger partial charge in [0.2, 0.25) is 0 Å². The van der Waals surface area contributed by atoms with E-state index in [0.717, 1.165) is 52.1 Å². The molecule has 0 radical (unpaired) electrons. The van der Waals surface area contributed by atoms with E-state index in [2.05, 4.69) is 11.8 Å². The number of hydrogen-bond donors (Lipinski definition) is 1. The molecule has 0 aromatic carbocycles. The van der Waals surface area contributed by atoms with Gasteiger partial charge >= 0.3 is 0 Å². The van der Waals surface area contributed by atoms with Crippen LogP contribution in [0.2, 0.25) is 0 Å². The molecule has 0 fully saturated rings. The van der Waals surface area contributed by atoms with Gasteiger partial charge in [-0.15, -0.1) is 0 Å². The molecule has 0 aliphatic rings. The topological polar surface area (TPSA) is 47.7 Å². The quantitative estimate of drug-likeness (QED) is 0.542. The molecule has 4 heteroatoms. The van der Waals surface area contributed by atoms with E-state index in [4.69, 9.17) is 15.2 Å². The number of nitrogens with two attached hydrogens (primary N) is 1. The van der Waals surface area contributed by atoms with E-state index in [9.17, 15) is 0 Å². The lowest BCUT2D eigenvalue weighted by molar-refractivity contribution is 0.128. The van der Waals surface area contributed by atoms with Crippen molar-refractivity contribution in [1.29, 1.82) is 0 Å². The highest BCUT2D eigenvalue weighted by Crippen LogP contribution is 1.99. The van der Waals surface area contributed by atoms with Gasteiger partial charge in [0.15, 0.2) is 0 Å². The third kappa shape index (κ3) is 9.09. The minimum Gasteiger partial charge on any atom is -0.385 e. The fourth-order valence-electron chi connectivity index (χ4n) is 1.74. The molecular weight excluding hydrogens is 204 g/mol. The SMILES string of the molecule is CCCC(N)CN(CCCOC)CCOC. The average Bonchev–Trinajstić information content (AvgIpc) is 2.26. The predicted octanol–water partition coefficient (Wildman–Crippen LogP) is 1.10. The molecule has 0 aliphatic carbocycles. The summed E-state index contributed by atoms with van der Waals surface area (Å²) in [5, 5.41) is 0. The zero-order valence-electron chi connectivity index (χ0n) is 11.1. The van der Waals surface area contributed by atoms with Crippen molar-refractivity contribution >= 4 is 0 Å². The highest BCUT2D eigenvalue weighted by molar-refractivity contribution is 4.68. The largest absolute Gasteiger partial charge is 0.385 e. The maximum absolute atomic E-state index is 6.05. The molecule has 0 saturated carbocycles. The van der Waals surface area contributed by atoms with E-state index < -0.39 is 0 Å². The van der Waals surface area contributed by atoms with Crippen molar-refractivity contribution in [3.63, 3.8) is 0 Å². The second kappa shape index (κ2) is 11.3. The molecule has 0 aromatic rings. The Kier molecular flexibility index (Phi) is 11.2. The van der Waals surface area contributed by atoms with Crippen LogP contribution in [0.1, 0.15) is 26.2 Å². The Balaban J connectivity index is 3.78. The van der Waals surface area contributed by atoms with Crippen molar-refractivity contribution in [2.24, 2.45) is 5.73 Å². The first-order chi connectivity index (χ1) is 7.74. The van der Waals surface area contributed by atoms with E-state index in [1.165, 1.54) is 0 Å². The van der Waals surface area contributed by atoms with Crippen LogP contribution in [0.3, 0.4) is 0 Å². The highest BCUT2D eigenvalue weighted by atomic mass is 16.5. The standard InChI is InChI=1S/C12H28N2O2/c1-4-6-12(13)11-14(8-10-16-3)7-5-9-15-2/h12H,4-11,13H2,1-3H3. The van der Waals surface area contributed by atoms with Crippen LogP contribution in [0.25, 0.3) is 0 Å². The summed E-state index contributed by atoms with van der Waals surface area (Å²) in [6, 6.07) is 0.282. The van der Waals surface area contributed by atoms with Crippen LogP contribution in [0, 0.1) is 0 Å². The zero-order valence-corrected chi connectivity index (χ0v) is 11.1. The van der Waals surface area contributed by atoms with E-state index in [0.29, 0.717) is 0 Å². The van der Waals surface area contributed by atoms with E-state index in [1.807, 2.05) is 0 Å². The summed E-state index contributed by atoms with van der Waals surface area (Å²) in [4.78, 5) is 2.36. The molecule has 1 atom stereocenters. The Morgan fingerprint density at radius 2 is 1.81 bits per heavy atom. The summed E-state index contributed by atoms with van der Waals surface area (Å²) in [5.41, 5.74) is 6.05. The van der Waals surface area contributed by atoms with Crippen molar-refractivity contribution in [1.82, 2.24) is 4.90 Å². The minimum absolute atomic E-state index is 0.282. The smallest absolute Gasteiger partial charge is 0.0589 e. The summed E-state index contributed by atoms with van der Waals surface area (Å²) >= 11 is 0. The number of rotatable bonds is 11. The van der Waals surface area contributed by atoms with Crippen molar-refractivity contribution in [2.75, 3.05) is 47.1 Å². The molecule has 98 valence electrons. The van der Waals surface area contributed by atoms with Crippen LogP contribution in [0.5, 0.6) is 0 Å². The Morgan fingerprint density at radius 1 is 1.12 bits per heavy atom. The van der Waals surface area contributed by atoms with Crippen LogP contribution in [0.4, 0.5) is 0 Å². The maximum atomic E-state index is 6.05.